The fourth-order valence-corrected chi connectivity index (χ4v) is 7.37. The Morgan fingerprint density at radius 3 is 2.26 bits per heavy atom. The minimum Gasteiger partial charge on any atom is -0.497 e. The second-order valence-electron chi connectivity index (χ2n) is 15.2. The van der Waals surface area contributed by atoms with Gasteiger partial charge in [0.2, 0.25) is 0 Å². The molecule has 1 heterocycles. The number of amides is 1. The van der Waals surface area contributed by atoms with E-state index in [1.807, 2.05) is 67.6 Å². The highest BCUT2D eigenvalue weighted by Crippen LogP contribution is 2.40. The summed E-state index contributed by atoms with van der Waals surface area (Å²) in [6.45, 7) is 20.0. The number of likely N-dealkylation sites (tertiary alicyclic amines) is 1. The van der Waals surface area contributed by atoms with E-state index in [9.17, 15) is 9.59 Å². The molecule has 3 rings (SSSR count). The fraction of sp³-hybridized carbons (Fsp3) is 0.610. The van der Waals surface area contributed by atoms with E-state index in [0.29, 0.717) is 13.0 Å². The summed E-state index contributed by atoms with van der Waals surface area (Å²) in [6, 6.07) is 16.8. The second kappa shape index (κ2) is 20.0. The summed E-state index contributed by atoms with van der Waals surface area (Å²) in [5.74, 6) is 0.421. The molecular formula is C41H63NO7Si. The lowest BCUT2D eigenvalue weighted by Gasteiger charge is -2.38. The van der Waals surface area contributed by atoms with Crippen molar-refractivity contribution in [2.24, 2.45) is 5.92 Å². The Morgan fingerprint density at radius 2 is 1.64 bits per heavy atom. The molecule has 50 heavy (non-hydrogen) atoms. The largest absolute Gasteiger partial charge is 0.497 e. The molecule has 1 aliphatic heterocycles. The zero-order valence-corrected chi connectivity index (χ0v) is 33.0. The Balaban J connectivity index is 1.87. The molecule has 1 amide bonds. The van der Waals surface area contributed by atoms with Crippen molar-refractivity contribution in [3.05, 3.63) is 78.4 Å². The molecule has 0 saturated carbocycles. The van der Waals surface area contributed by atoms with Gasteiger partial charge in [0.15, 0.2) is 8.32 Å². The number of carbonyl (C=O) groups excluding carboxylic acids is 2. The lowest BCUT2D eigenvalue weighted by atomic mass is 9.98. The van der Waals surface area contributed by atoms with E-state index in [-0.39, 0.29) is 48.8 Å². The van der Waals surface area contributed by atoms with Crippen molar-refractivity contribution in [1.29, 1.82) is 0 Å². The van der Waals surface area contributed by atoms with Crippen LogP contribution in [0.4, 0.5) is 4.79 Å². The van der Waals surface area contributed by atoms with E-state index < -0.39 is 26.6 Å². The molecule has 1 fully saturated rings. The fourth-order valence-electron chi connectivity index (χ4n) is 6.01. The minimum absolute atomic E-state index is 0.00764. The van der Waals surface area contributed by atoms with Crippen molar-refractivity contribution in [3.63, 3.8) is 0 Å². The summed E-state index contributed by atoms with van der Waals surface area (Å²) in [7, 11) is -0.543. The zero-order valence-electron chi connectivity index (χ0n) is 32.0. The van der Waals surface area contributed by atoms with Crippen molar-refractivity contribution in [2.45, 2.75) is 142 Å². The van der Waals surface area contributed by atoms with Crippen LogP contribution in [0.3, 0.4) is 0 Å². The lowest BCUT2D eigenvalue weighted by molar-refractivity contribution is -0.156. The number of hydrogen-bond acceptors (Lipinski definition) is 7. The number of hydrogen-bond donors (Lipinski definition) is 0. The number of methoxy groups -OCH3 is 1. The molecule has 2 aromatic carbocycles. The van der Waals surface area contributed by atoms with Crippen LogP contribution in [0.15, 0.2) is 67.3 Å². The SMILES string of the molecule is C=C[C@@H](C)[C@@H](CCCCCCC)OC(=O)C[C@@H](OCc1ccc(OC)cc1)[C@@H]1C[C@@H](O[Si](C)(C)C(C)(C)C)CN1C(=O)OCc1ccccc1. The van der Waals surface area contributed by atoms with Gasteiger partial charge in [-0.15, -0.1) is 6.58 Å². The number of benzene rings is 2. The molecular weight excluding hydrogens is 647 g/mol. The first-order valence-electron chi connectivity index (χ1n) is 18.5. The molecule has 0 radical (unpaired) electrons. The Bertz CT molecular complexity index is 1310. The Hall–Kier alpha value is -3.14. The quantitative estimate of drug-likeness (QED) is 0.0586. The van der Waals surface area contributed by atoms with Crippen LogP contribution in [-0.2, 0) is 36.6 Å². The molecule has 278 valence electrons. The van der Waals surface area contributed by atoms with Gasteiger partial charge < -0.3 is 23.4 Å². The van der Waals surface area contributed by atoms with Gasteiger partial charge in [-0.1, -0.05) is 109 Å². The highest BCUT2D eigenvalue weighted by Gasteiger charge is 2.47. The second-order valence-corrected chi connectivity index (χ2v) is 20.0. The summed E-state index contributed by atoms with van der Waals surface area (Å²) >= 11 is 0. The van der Waals surface area contributed by atoms with Gasteiger partial charge in [-0.05, 0) is 60.7 Å². The molecule has 0 aliphatic carbocycles. The third-order valence-corrected chi connectivity index (χ3v) is 14.8. The number of nitrogens with zero attached hydrogens (tertiary/aromatic N) is 1. The maximum absolute atomic E-state index is 13.8. The molecule has 0 unspecified atom stereocenters. The first kappa shape index (κ1) is 41.3. The number of carbonyl (C=O) groups is 2. The van der Waals surface area contributed by atoms with Crippen LogP contribution < -0.4 is 4.74 Å². The average molecular weight is 710 g/mol. The number of ether oxygens (including phenoxy) is 4. The monoisotopic (exact) mass is 709 g/mol. The summed E-state index contributed by atoms with van der Waals surface area (Å²) in [5.41, 5.74) is 1.83. The highest BCUT2D eigenvalue weighted by atomic mass is 28.4. The van der Waals surface area contributed by atoms with E-state index in [1.165, 1.54) is 19.3 Å². The summed E-state index contributed by atoms with van der Waals surface area (Å²) < 4.78 is 30.8. The molecule has 1 saturated heterocycles. The normalized spacial score (nSPS) is 18.3. The van der Waals surface area contributed by atoms with Crippen LogP contribution in [0.5, 0.6) is 5.75 Å². The zero-order chi connectivity index (χ0) is 36.7. The standard InChI is InChI=1S/C41H63NO7Si/c1-10-12-13-14-18-21-37(31(3)11-2)48-39(43)27-38(46-29-33-22-24-34(45-7)25-23-33)36-26-35(49-50(8,9)41(4,5)6)28-42(36)40(44)47-30-32-19-16-15-17-20-32/h11,15-17,19-20,22-25,31,35-38H,2,10,12-14,18,21,26-30H2,1,3-9H3/t31-,35-,36+,37-,38-/m1/s1. The van der Waals surface area contributed by atoms with Crippen LogP contribution in [0, 0.1) is 5.92 Å². The molecule has 0 spiro atoms. The van der Waals surface area contributed by atoms with Crippen LogP contribution in [-0.4, -0.2) is 63.3 Å². The first-order valence-corrected chi connectivity index (χ1v) is 21.4. The van der Waals surface area contributed by atoms with Crippen LogP contribution in [0.2, 0.25) is 18.1 Å². The summed E-state index contributed by atoms with van der Waals surface area (Å²) in [4.78, 5) is 29.3. The number of esters is 1. The third kappa shape index (κ3) is 12.9. The van der Waals surface area contributed by atoms with Crippen molar-refractivity contribution in [1.82, 2.24) is 4.90 Å². The molecule has 1 aliphatic rings. The topological polar surface area (TPSA) is 83.5 Å². The van der Waals surface area contributed by atoms with Gasteiger partial charge in [0, 0.05) is 12.5 Å². The van der Waals surface area contributed by atoms with Gasteiger partial charge in [0.25, 0.3) is 0 Å². The van der Waals surface area contributed by atoms with Gasteiger partial charge in [0.05, 0.1) is 38.4 Å². The van der Waals surface area contributed by atoms with E-state index in [4.69, 9.17) is 23.4 Å². The Morgan fingerprint density at radius 1 is 0.980 bits per heavy atom. The van der Waals surface area contributed by atoms with E-state index in [1.54, 1.807) is 12.0 Å². The van der Waals surface area contributed by atoms with Crippen molar-refractivity contribution >= 4 is 20.4 Å². The third-order valence-electron chi connectivity index (χ3n) is 10.3. The van der Waals surface area contributed by atoms with Gasteiger partial charge in [-0.3, -0.25) is 9.69 Å². The molecule has 0 aromatic heterocycles. The summed E-state index contributed by atoms with van der Waals surface area (Å²) in [6.07, 6.45) is 7.23. The van der Waals surface area contributed by atoms with E-state index >= 15 is 0 Å². The van der Waals surface area contributed by atoms with Crippen molar-refractivity contribution in [2.75, 3.05) is 13.7 Å². The van der Waals surface area contributed by atoms with Crippen LogP contribution in [0.1, 0.15) is 97.1 Å². The maximum atomic E-state index is 13.8. The minimum atomic E-state index is -2.17. The molecule has 8 nitrogen and oxygen atoms in total. The molecule has 0 bridgehead atoms. The Kier molecular flexibility index (Phi) is 16.5. The average Bonchev–Trinajstić information content (AvgIpc) is 3.51. The van der Waals surface area contributed by atoms with Crippen LogP contribution >= 0.6 is 0 Å². The highest BCUT2D eigenvalue weighted by molar-refractivity contribution is 6.74. The molecule has 2 aromatic rings. The van der Waals surface area contributed by atoms with E-state index in [0.717, 1.165) is 36.1 Å². The van der Waals surface area contributed by atoms with Crippen LogP contribution in [0.25, 0.3) is 0 Å². The first-order chi connectivity index (χ1) is 23.8. The number of rotatable bonds is 20. The molecule has 5 atom stereocenters. The van der Waals surface area contributed by atoms with Gasteiger partial charge in [0.1, 0.15) is 18.5 Å². The Labute approximate surface area is 303 Å². The lowest BCUT2D eigenvalue weighted by Crippen LogP contribution is -2.46. The van der Waals surface area contributed by atoms with Gasteiger partial charge in [-0.2, -0.15) is 0 Å². The van der Waals surface area contributed by atoms with Crippen molar-refractivity contribution in [3.8, 4) is 5.75 Å². The predicted octanol–water partition coefficient (Wildman–Crippen LogP) is 9.87. The molecule has 9 heteroatoms. The summed E-state index contributed by atoms with van der Waals surface area (Å²) in [5, 5.41) is -0.00872. The predicted molar refractivity (Wildman–Crippen MR) is 203 cm³/mol. The van der Waals surface area contributed by atoms with E-state index in [2.05, 4.69) is 47.4 Å². The van der Waals surface area contributed by atoms with Gasteiger partial charge in [-0.25, -0.2) is 4.79 Å². The van der Waals surface area contributed by atoms with Crippen molar-refractivity contribution < 1.29 is 33.0 Å². The molecule has 0 N–H and O–H groups in total. The maximum Gasteiger partial charge on any atom is 0.410 e. The van der Waals surface area contributed by atoms with Gasteiger partial charge >= 0.3 is 12.1 Å². The smallest absolute Gasteiger partial charge is 0.410 e. The number of unbranched alkanes of at least 4 members (excludes halogenated alkanes) is 4.